The Morgan fingerprint density at radius 1 is 0.692 bits per heavy atom. The van der Waals surface area contributed by atoms with Gasteiger partial charge in [0.15, 0.2) is 0 Å². The van der Waals surface area contributed by atoms with Crippen molar-refractivity contribution in [3.05, 3.63) is 0 Å². The number of hydrogen-bond acceptors (Lipinski definition) is 6. The van der Waals surface area contributed by atoms with Crippen molar-refractivity contribution in [2.24, 2.45) is 17.2 Å². The molecule has 72 valence electrons. The van der Waals surface area contributed by atoms with Gasteiger partial charge in [-0.05, 0) is 0 Å². The molecule has 0 radical (unpaired) electrons. The molecule has 0 fully saturated rings. The van der Waals surface area contributed by atoms with Crippen LogP contribution in [0.5, 0.6) is 0 Å². The van der Waals surface area contributed by atoms with E-state index < -0.39 is 0 Å². The van der Waals surface area contributed by atoms with E-state index >= 15 is 0 Å². The summed E-state index contributed by atoms with van der Waals surface area (Å²) in [6.07, 6.45) is 0. The second kappa shape index (κ2) is 18.9. The van der Waals surface area contributed by atoms with Gasteiger partial charge in [-0.25, -0.2) is 0 Å². The summed E-state index contributed by atoms with van der Waals surface area (Å²) in [5, 5.41) is 0. The number of thiocarbonyl (C=S) groups is 3. The molecule has 0 aromatic carbocycles. The predicted octanol–water partition coefficient (Wildman–Crippen LogP) is -1.05. The molecular formula is C3H6InN3S6. The third-order valence-corrected chi connectivity index (χ3v) is 0. The van der Waals surface area contributed by atoms with Gasteiger partial charge in [-0.15, -0.1) is 0 Å². The third kappa shape index (κ3) is 1150. The summed E-state index contributed by atoms with van der Waals surface area (Å²) in [6, 6.07) is 0. The van der Waals surface area contributed by atoms with Crippen LogP contribution < -0.4 is 17.2 Å². The van der Waals surface area contributed by atoms with Gasteiger partial charge >= 0.3 is 25.8 Å². The molecule has 6 N–H and O–H groups in total. The van der Waals surface area contributed by atoms with Crippen LogP contribution in [0, 0.1) is 0 Å². The van der Waals surface area contributed by atoms with Gasteiger partial charge in [0.1, 0.15) is 0 Å². The molecule has 0 aromatic rings. The molecule has 3 nitrogen and oxygen atoms in total. The van der Waals surface area contributed by atoms with Crippen LogP contribution in [0.3, 0.4) is 0 Å². The van der Waals surface area contributed by atoms with Crippen LogP contribution in [-0.4, -0.2) is 38.8 Å². The van der Waals surface area contributed by atoms with Gasteiger partial charge in [-0.3, -0.25) is 0 Å². The maximum atomic E-state index is 4.66. The van der Waals surface area contributed by atoms with Crippen LogP contribution in [0.25, 0.3) is 0 Å². The van der Waals surface area contributed by atoms with Gasteiger partial charge in [0.05, 0.1) is 0 Å². The van der Waals surface area contributed by atoms with E-state index in [9.17, 15) is 0 Å². The summed E-state index contributed by atoms with van der Waals surface area (Å²) in [7, 11) is 0. The second-order valence-corrected chi connectivity index (χ2v) is 4.37. The number of nitrogens with two attached hydrogens (primary N) is 3. The quantitative estimate of drug-likeness (QED) is 0.354. The van der Waals surface area contributed by atoms with E-state index in [1.807, 2.05) is 0 Å². The van der Waals surface area contributed by atoms with Crippen LogP contribution in [0.1, 0.15) is 0 Å². The Kier molecular flexibility index (Phi) is 34.5. The van der Waals surface area contributed by atoms with E-state index in [0.717, 1.165) is 0 Å². The maximum absolute atomic E-state index is 4.66. The van der Waals surface area contributed by atoms with Crippen LogP contribution in [0.4, 0.5) is 0 Å². The Labute approximate surface area is 129 Å². The first-order chi connectivity index (χ1) is 5.20. The van der Waals surface area contributed by atoms with Gasteiger partial charge in [-0.1, -0.05) is 13.0 Å². The fraction of sp³-hybridized carbons (Fsp3) is 0. The molecule has 0 saturated heterocycles. The fourth-order valence-electron chi connectivity index (χ4n) is 0. The van der Waals surface area contributed by atoms with Gasteiger partial charge in [0, 0.05) is 0 Å². The number of rotatable bonds is 0. The zero-order chi connectivity index (χ0) is 10.7. The molecule has 0 amide bonds. The van der Waals surface area contributed by atoms with Crippen molar-refractivity contribution in [3.63, 3.8) is 0 Å². The molecule has 0 unspecified atom stereocenters. The van der Waals surface area contributed by atoms with E-state index in [4.69, 9.17) is 0 Å². The normalized spacial score (nSPS) is 5.54. The molecule has 10 heteroatoms. The van der Waals surface area contributed by atoms with Gasteiger partial charge in [0.2, 0.25) is 0 Å². The molecule has 0 heterocycles. The van der Waals surface area contributed by atoms with Crippen LogP contribution >= 0.6 is 36.7 Å². The summed E-state index contributed by atoms with van der Waals surface area (Å²) in [6.45, 7) is 0. The summed E-state index contributed by atoms with van der Waals surface area (Å²) >= 11 is 24.8. The Bertz CT molecular complexity index is 121. The summed E-state index contributed by atoms with van der Waals surface area (Å²) in [4.78, 5) is 0. The number of hydrogen-bond donors (Lipinski definition) is 3. The maximum Gasteiger partial charge on any atom is 3.00 e. The summed E-state index contributed by atoms with van der Waals surface area (Å²) in [5.41, 5.74) is 14.0. The molecule has 0 aliphatic carbocycles. The van der Waals surface area contributed by atoms with Gasteiger partial charge in [-0.2, -0.15) is 0 Å². The second-order valence-electron chi connectivity index (χ2n) is 0.957. The molecule has 0 aliphatic rings. The van der Waals surface area contributed by atoms with E-state index in [1.165, 1.54) is 0 Å². The summed E-state index contributed by atoms with van der Waals surface area (Å²) < 4.78 is 0.250. The average Bonchev–Trinajstić information content (AvgIpc) is 1.54. The topological polar surface area (TPSA) is 78.1 Å². The Balaban J connectivity index is -0.0000000450. The van der Waals surface area contributed by atoms with Gasteiger partial charge in [0.25, 0.3) is 0 Å². The average molecular weight is 391 g/mol. The molecule has 13 heavy (non-hydrogen) atoms. The molecule has 0 aromatic heterocycles. The van der Waals surface area contributed by atoms with E-state index in [-0.39, 0.29) is 38.8 Å². The van der Waals surface area contributed by atoms with Gasteiger partial charge < -0.3 is 91.7 Å². The fourth-order valence-corrected chi connectivity index (χ4v) is 0. The monoisotopic (exact) mass is 391 g/mol. The summed E-state index contributed by atoms with van der Waals surface area (Å²) in [5.74, 6) is 0. The SMILES string of the molecule is NC(=S)[S-].NC(=S)[S-].NC(=S)[S-].[In+3]. The van der Waals surface area contributed by atoms with Crippen molar-refractivity contribution >= 4 is 113 Å². The molecule has 0 bridgehead atoms. The molecule has 0 rings (SSSR count). The Morgan fingerprint density at radius 2 is 0.692 bits per heavy atom. The van der Waals surface area contributed by atoms with Crippen LogP contribution in [0.2, 0.25) is 0 Å². The van der Waals surface area contributed by atoms with Crippen LogP contribution in [0.15, 0.2) is 0 Å². The molecular weight excluding hydrogens is 385 g/mol. The largest absolute Gasteiger partial charge is 3.00 e. The predicted molar refractivity (Wildman–Crippen MR) is 78.2 cm³/mol. The third-order valence-electron chi connectivity index (χ3n) is 0. The standard InChI is InChI=1S/3CH3NS2.In/c3*2-1(3)4;/h3*(H3,2,3,4);/q;;;+3/p-3. The first kappa shape index (κ1) is 23.8. The minimum absolute atomic E-state index is 0. The van der Waals surface area contributed by atoms with E-state index in [0.29, 0.717) is 0 Å². The zero-order valence-corrected chi connectivity index (χ0v) is 14.5. The first-order valence-electron chi connectivity index (χ1n) is 2.09. The van der Waals surface area contributed by atoms with Crippen molar-refractivity contribution in [2.45, 2.75) is 0 Å². The van der Waals surface area contributed by atoms with Crippen molar-refractivity contribution in [3.8, 4) is 0 Å². The first-order valence-corrected chi connectivity index (χ1v) is 4.54. The molecule has 0 spiro atoms. The molecule has 0 atom stereocenters. The zero-order valence-electron chi connectivity index (χ0n) is 6.26. The minimum Gasteiger partial charge on any atom is -0.415 e. The van der Waals surface area contributed by atoms with E-state index in [2.05, 4.69) is 91.7 Å². The van der Waals surface area contributed by atoms with Crippen LogP contribution in [-0.2, 0) is 37.9 Å². The van der Waals surface area contributed by atoms with Crippen molar-refractivity contribution < 1.29 is 0 Å². The van der Waals surface area contributed by atoms with E-state index in [1.54, 1.807) is 0 Å². The van der Waals surface area contributed by atoms with Crippen molar-refractivity contribution in [1.29, 1.82) is 0 Å². The molecule has 0 saturated carbocycles. The smallest absolute Gasteiger partial charge is 0.415 e. The van der Waals surface area contributed by atoms with Crippen molar-refractivity contribution in [2.75, 3.05) is 0 Å². The Morgan fingerprint density at radius 3 is 0.692 bits per heavy atom. The molecule has 0 aliphatic heterocycles. The van der Waals surface area contributed by atoms with Crippen molar-refractivity contribution in [1.82, 2.24) is 0 Å². The Hall–Kier alpha value is 1.20. The minimum atomic E-state index is 0.